The summed E-state index contributed by atoms with van der Waals surface area (Å²) in [6.45, 7) is 6.65. The van der Waals surface area contributed by atoms with E-state index in [1.54, 1.807) is 27.1 Å². The van der Waals surface area contributed by atoms with Crippen LogP contribution in [0.4, 0.5) is 15.6 Å². The van der Waals surface area contributed by atoms with Crippen molar-refractivity contribution >= 4 is 49.7 Å². The average Bonchev–Trinajstić information content (AvgIpc) is 3.60. The summed E-state index contributed by atoms with van der Waals surface area (Å²) in [5.41, 5.74) is 3.70. The molecule has 1 amide bonds. The molecule has 1 aliphatic heterocycles. The maximum Gasteiger partial charge on any atom is 0.410 e. The Balaban J connectivity index is 1.41. The van der Waals surface area contributed by atoms with Gasteiger partial charge in [0.25, 0.3) is 0 Å². The summed E-state index contributed by atoms with van der Waals surface area (Å²) in [4.78, 5) is 29.7. The van der Waals surface area contributed by atoms with Gasteiger partial charge in [0.2, 0.25) is 0 Å². The van der Waals surface area contributed by atoms with Crippen molar-refractivity contribution in [3.63, 3.8) is 0 Å². The Hall–Kier alpha value is -4.25. The summed E-state index contributed by atoms with van der Waals surface area (Å²) in [6, 6.07) is 6.03. The number of fused-ring (bicyclic) bond motifs is 2. The number of aromatic nitrogens is 6. The third kappa shape index (κ3) is 4.72. The number of hydrogen-bond donors (Lipinski definition) is 1. The number of anilines is 2. The number of hydrogen-bond acceptors (Lipinski definition) is 8. The van der Waals surface area contributed by atoms with E-state index in [1.807, 2.05) is 69.1 Å². The standard InChI is InChI=1S/C27H28N8O2S/c1-27(2,3)37-26(36)34-10-6-8-18(15-34)20-16-35-21(19-12-30-33(4)14-19)13-29-24(35)23(31-20)32-22-11-17-7-5-9-28-25(17)38-22/h5,7-9,11-14,16H,6,10,15H2,1-4H3,(H,31,32). The van der Waals surface area contributed by atoms with Crippen LogP contribution in [0, 0.1) is 0 Å². The highest BCUT2D eigenvalue weighted by atomic mass is 32.1. The topological polar surface area (TPSA) is 102 Å². The van der Waals surface area contributed by atoms with Crippen molar-refractivity contribution in [2.45, 2.75) is 32.8 Å². The van der Waals surface area contributed by atoms with E-state index < -0.39 is 5.60 Å². The minimum absolute atomic E-state index is 0.320. The molecule has 5 aromatic heterocycles. The van der Waals surface area contributed by atoms with Crippen LogP contribution in [-0.4, -0.2) is 58.8 Å². The van der Waals surface area contributed by atoms with Crippen LogP contribution >= 0.6 is 11.3 Å². The van der Waals surface area contributed by atoms with Gasteiger partial charge < -0.3 is 15.0 Å². The summed E-state index contributed by atoms with van der Waals surface area (Å²) in [6.07, 6.45) is 11.9. The smallest absolute Gasteiger partial charge is 0.410 e. The molecule has 0 aromatic carbocycles. The lowest BCUT2D eigenvalue weighted by molar-refractivity contribution is 0.0273. The van der Waals surface area contributed by atoms with E-state index in [0.717, 1.165) is 44.2 Å². The van der Waals surface area contributed by atoms with Gasteiger partial charge in [0.05, 0.1) is 35.3 Å². The van der Waals surface area contributed by atoms with Crippen LogP contribution in [0.3, 0.4) is 0 Å². The molecule has 6 rings (SSSR count). The van der Waals surface area contributed by atoms with Crippen molar-refractivity contribution < 1.29 is 9.53 Å². The van der Waals surface area contributed by atoms with Crippen LogP contribution < -0.4 is 5.32 Å². The first kappa shape index (κ1) is 24.1. The number of nitrogens with one attached hydrogen (secondary N) is 1. The molecule has 6 heterocycles. The molecule has 1 aliphatic rings. The van der Waals surface area contributed by atoms with Crippen molar-refractivity contribution in [2.24, 2.45) is 7.05 Å². The molecular formula is C27H28N8O2S. The van der Waals surface area contributed by atoms with Crippen molar-refractivity contribution in [2.75, 3.05) is 18.4 Å². The Labute approximate surface area is 223 Å². The molecule has 1 N–H and O–H groups in total. The molecule has 0 spiro atoms. The van der Waals surface area contributed by atoms with E-state index in [-0.39, 0.29) is 6.09 Å². The van der Waals surface area contributed by atoms with E-state index in [2.05, 4.69) is 27.5 Å². The van der Waals surface area contributed by atoms with Gasteiger partial charge in [-0.2, -0.15) is 5.10 Å². The number of carbonyl (C=O) groups excluding carboxylic acids is 1. The predicted molar refractivity (Wildman–Crippen MR) is 148 cm³/mol. The number of pyridine rings is 1. The van der Waals surface area contributed by atoms with Gasteiger partial charge >= 0.3 is 6.09 Å². The Morgan fingerprint density at radius 1 is 1.18 bits per heavy atom. The van der Waals surface area contributed by atoms with Gasteiger partial charge in [-0.25, -0.2) is 19.7 Å². The highest BCUT2D eigenvalue weighted by Gasteiger charge is 2.26. The second-order valence-electron chi connectivity index (χ2n) is 10.3. The Morgan fingerprint density at radius 3 is 2.82 bits per heavy atom. The monoisotopic (exact) mass is 528 g/mol. The second-order valence-corrected chi connectivity index (χ2v) is 11.3. The molecule has 10 nitrogen and oxygen atoms in total. The molecule has 0 saturated carbocycles. The maximum atomic E-state index is 12.8. The highest BCUT2D eigenvalue weighted by molar-refractivity contribution is 7.22. The lowest BCUT2D eigenvalue weighted by Crippen LogP contribution is -2.39. The SMILES string of the molecule is Cn1cc(-c2cnc3c(Nc4cc5cccnc5s4)nc(C4=CCCN(C(=O)OC(C)(C)C)C4)cn23)cn1. The third-order valence-corrected chi connectivity index (χ3v) is 7.13. The number of amides is 1. The van der Waals surface area contributed by atoms with Gasteiger partial charge in [-0.15, -0.1) is 0 Å². The Bertz CT molecular complexity index is 1660. The normalized spacial score (nSPS) is 14.2. The Morgan fingerprint density at radius 2 is 2.05 bits per heavy atom. The number of thiophene rings is 1. The fourth-order valence-corrected chi connectivity index (χ4v) is 5.36. The van der Waals surface area contributed by atoms with Crippen molar-refractivity contribution in [1.29, 1.82) is 0 Å². The van der Waals surface area contributed by atoms with Gasteiger partial charge in [-0.1, -0.05) is 23.5 Å². The van der Waals surface area contributed by atoms with E-state index in [9.17, 15) is 4.79 Å². The van der Waals surface area contributed by atoms with E-state index in [0.29, 0.717) is 24.6 Å². The molecule has 0 unspecified atom stereocenters. The summed E-state index contributed by atoms with van der Waals surface area (Å²) in [5, 5.41) is 9.80. The molecule has 0 saturated heterocycles. The fourth-order valence-electron chi connectivity index (χ4n) is 4.46. The molecule has 38 heavy (non-hydrogen) atoms. The predicted octanol–water partition coefficient (Wildman–Crippen LogP) is 5.51. The first-order chi connectivity index (χ1) is 18.2. The van der Waals surface area contributed by atoms with E-state index >= 15 is 0 Å². The van der Waals surface area contributed by atoms with Crippen molar-refractivity contribution in [3.05, 3.63) is 61.0 Å². The molecule has 0 aliphatic carbocycles. The van der Waals surface area contributed by atoms with Gasteiger partial charge in [-0.3, -0.25) is 9.08 Å². The van der Waals surface area contributed by atoms with E-state index in [1.165, 1.54) is 0 Å². The zero-order valence-electron chi connectivity index (χ0n) is 21.7. The van der Waals surface area contributed by atoms with Gasteiger partial charge in [0.1, 0.15) is 10.4 Å². The van der Waals surface area contributed by atoms with Crippen molar-refractivity contribution in [1.82, 2.24) is 34.0 Å². The zero-order chi connectivity index (χ0) is 26.4. The zero-order valence-corrected chi connectivity index (χ0v) is 22.5. The number of aryl methyl sites for hydroxylation is 1. The van der Waals surface area contributed by atoms with Crippen LogP contribution in [0.1, 0.15) is 32.9 Å². The average molecular weight is 529 g/mol. The first-order valence-electron chi connectivity index (χ1n) is 12.4. The lowest BCUT2D eigenvalue weighted by atomic mass is 10.1. The molecule has 194 valence electrons. The van der Waals surface area contributed by atoms with Crippen LogP contribution in [0.15, 0.2) is 55.3 Å². The lowest BCUT2D eigenvalue weighted by Gasteiger charge is -2.30. The summed E-state index contributed by atoms with van der Waals surface area (Å²) >= 11 is 1.56. The molecule has 0 atom stereocenters. The second kappa shape index (κ2) is 9.25. The van der Waals surface area contributed by atoms with Crippen LogP contribution in [0.2, 0.25) is 0 Å². The van der Waals surface area contributed by atoms with Crippen molar-refractivity contribution in [3.8, 4) is 11.3 Å². The van der Waals surface area contributed by atoms with Crippen LogP contribution in [0.25, 0.3) is 32.7 Å². The number of imidazole rings is 1. The molecule has 0 bridgehead atoms. The number of ether oxygens (including phenoxy) is 1. The van der Waals surface area contributed by atoms with Gasteiger partial charge in [0, 0.05) is 43.1 Å². The molecule has 11 heteroatoms. The summed E-state index contributed by atoms with van der Waals surface area (Å²) in [5.74, 6) is 0.625. The molecular weight excluding hydrogens is 500 g/mol. The largest absolute Gasteiger partial charge is 0.444 e. The van der Waals surface area contributed by atoms with Gasteiger partial charge in [0.15, 0.2) is 11.5 Å². The van der Waals surface area contributed by atoms with E-state index in [4.69, 9.17) is 14.7 Å². The minimum atomic E-state index is -0.554. The molecule has 5 aromatic rings. The summed E-state index contributed by atoms with van der Waals surface area (Å²) < 4.78 is 9.42. The van der Waals surface area contributed by atoms with Gasteiger partial charge in [-0.05, 0) is 44.9 Å². The highest BCUT2D eigenvalue weighted by Crippen LogP contribution is 2.33. The third-order valence-electron chi connectivity index (χ3n) is 6.16. The maximum absolute atomic E-state index is 12.8. The van der Waals surface area contributed by atoms with Crippen LogP contribution in [-0.2, 0) is 11.8 Å². The first-order valence-corrected chi connectivity index (χ1v) is 13.2. The number of rotatable bonds is 4. The fraction of sp³-hybridized carbons (Fsp3) is 0.296. The Kier molecular flexibility index (Phi) is 5.87. The quantitative estimate of drug-likeness (QED) is 0.328. The minimum Gasteiger partial charge on any atom is -0.444 e. The molecule has 0 radical (unpaired) electrons. The number of carbonyl (C=O) groups is 1. The van der Waals surface area contributed by atoms with Crippen LogP contribution in [0.5, 0.6) is 0 Å². The molecule has 0 fully saturated rings. The summed E-state index contributed by atoms with van der Waals surface area (Å²) in [7, 11) is 1.89. The number of nitrogens with zero attached hydrogens (tertiary/aromatic N) is 7.